The lowest BCUT2D eigenvalue weighted by molar-refractivity contribution is -0.176. The number of hydrogen-bond donors (Lipinski definition) is 2. The Kier molecular flexibility index (Phi) is 11.7. The molecule has 3 nitrogen and oxygen atoms in total. The summed E-state index contributed by atoms with van der Waals surface area (Å²) in [6.07, 6.45) is 0.856. The molecule has 0 aliphatic heterocycles. The minimum absolute atomic E-state index is 0. The van der Waals surface area contributed by atoms with Crippen molar-refractivity contribution < 1.29 is 15.3 Å². The zero-order chi connectivity index (χ0) is 20.9. The minimum atomic E-state index is 0. The van der Waals surface area contributed by atoms with Gasteiger partial charge in [0, 0.05) is 10.0 Å². The lowest BCUT2D eigenvalue weighted by atomic mass is 10.0. The SMILES string of the molecule is Brc1ccc(-c2ccccc2)cc1.C.O=Cc1ccc(-c2ccccc2)cc1.OO. The number of rotatable bonds is 3. The standard InChI is InChI=1S/C13H10O.C12H9Br.CH4.H2O2/c14-10-11-6-8-13(9-7-11)12-4-2-1-3-5-12;13-12-8-6-11(7-9-12)10-4-2-1-3-5-10;;1-2/h1-10H;1-9H;1H4;1-2H. The molecule has 4 aromatic carbocycles. The zero-order valence-corrected chi connectivity index (χ0v) is 17.2. The number of carbonyl (C=O) groups excluding carboxylic acids is 1. The smallest absolute Gasteiger partial charge is 0.150 e. The first-order valence-electron chi connectivity index (χ1n) is 8.88. The highest BCUT2D eigenvalue weighted by molar-refractivity contribution is 9.10. The first kappa shape index (κ1) is 25.0. The van der Waals surface area contributed by atoms with E-state index in [0.29, 0.717) is 5.56 Å². The van der Waals surface area contributed by atoms with Gasteiger partial charge in [0.1, 0.15) is 6.29 Å². The first-order chi connectivity index (χ1) is 14.3. The molecule has 4 rings (SSSR count). The van der Waals surface area contributed by atoms with Gasteiger partial charge in [-0.15, -0.1) is 0 Å². The fraction of sp³-hybridized carbons (Fsp3) is 0.0385. The largest absolute Gasteiger partial charge is 0.298 e. The van der Waals surface area contributed by atoms with Crippen molar-refractivity contribution in [2.45, 2.75) is 7.43 Å². The summed E-state index contributed by atoms with van der Waals surface area (Å²) in [4.78, 5) is 10.5. The van der Waals surface area contributed by atoms with Crippen LogP contribution in [0.3, 0.4) is 0 Å². The second kappa shape index (κ2) is 14.0. The van der Waals surface area contributed by atoms with Crippen molar-refractivity contribution in [1.82, 2.24) is 0 Å². The van der Waals surface area contributed by atoms with Crippen molar-refractivity contribution in [3.8, 4) is 22.3 Å². The Balaban J connectivity index is 0.000000270. The predicted octanol–water partition coefficient (Wildman–Crippen LogP) is 7.94. The second-order valence-electron chi connectivity index (χ2n) is 5.98. The Morgan fingerprint density at radius 1 is 0.533 bits per heavy atom. The summed E-state index contributed by atoms with van der Waals surface area (Å²) < 4.78 is 1.12. The van der Waals surface area contributed by atoms with Gasteiger partial charge < -0.3 is 0 Å². The molecule has 0 unspecified atom stereocenters. The quantitative estimate of drug-likeness (QED) is 0.183. The Hall–Kier alpha value is -3.05. The lowest BCUT2D eigenvalue weighted by Gasteiger charge is -2.00. The van der Waals surface area contributed by atoms with Crippen LogP contribution in [0.2, 0.25) is 0 Å². The van der Waals surface area contributed by atoms with Gasteiger partial charge in [-0.2, -0.15) is 0 Å². The van der Waals surface area contributed by atoms with Gasteiger partial charge in [-0.05, 0) is 34.4 Å². The second-order valence-corrected chi connectivity index (χ2v) is 6.89. The van der Waals surface area contributed by atoms with Crippen LogP contribution in [0, 0.1) is 0 Å². The fourth-order valence-electron chi connectivity index (χ4n) is 2.66. The van der Waals surface area contributed by atoms with Crippen LogP contribution in [0.25, 0.3) is 22.3 Å². The average molecular weight is 465 g/mol. The van der Waals surface area contributed by atoms with Gasteiger partial charge in [-0.3, -0.25) is 15.3 Å². The molecule has 4 aromatic rings. The maximum Gasteiger partial charge on any atom is 0.150 e. The molecule has 4 heteroatoms. The van der Waals surface area contributed by atoms with E-state index in [0.717, 1.165) is 16.3 Å². The molecule has 0 aliphatic rings. The number of hydrogen-bond acceptors (Lipinski definition) is 3. The van der Waals surface area contributed by atoms with Crippen molar-refractivity contribution in [2.24, 2.45) is 0 Å². The fourth-order valence-corrected chi connectivity index (χ4v) is 2.92. The number of benzene rings is 4. The van der Waals surface area contributed by atoms with Crippen LogP contribution in [0.5, 0.6) is 0 Å². The molecular weight excluding hydrogens is 440 g/mol. The third kappa shape index (κ3) is 7.76. The van der Waals surface area contributed by atoms with Gasteiger partial charge in [0.05, 0.1) is 0 Å². The number of carbonyl (C=O) groups is 1. The Morgan fingerprint density at radius 2 is 0.867 bits per heavy atom. The Morgan fingerprint density at radius 3 is 1.23 bits per heavy atom. The highest BCUT2D eigenvalue weighted by atomic mass is 79.9. The van der Waals surface area contributed by atoms with E-state index in [1.807, 2.05) is 48.5 Å². The summed E-state index contributed by atoms with van der Waals surface area (Å²) >= 11 is 3.42. The summed E-state index contributed by atoms with van der Waals surface area (Å²) in [6, 6.07) is 36.4. The van der Waals surface area contributed by atoms with Gasteiger partial charge in [0.25, 0.3) is 0 Å². The minimum Gasteiger partial charge on any atom is -0.298 e. The highest BCUT2D eigenvalue weighted by Crippen LogP contribution is 2.21. The van der Waals surface area contributed by atoms with Gasteiger partial charge in [0.15, 0.2) is 0 Å². The van der Waals surface area contributed by atoms with Gasteiger partial charge in [-0.25, -0.2) is 0 Å². The van der Waals surface area contributed by atoms with Crippen molar-refractivity contribution in [3.63, 3.8) is 0 Å². The third-order valence-electron chi connectivity index (χ3n) is 4.11. The maximum atomic E-state index is 10.5. The molecule has 0 saturated carbocycles. The van der Waals surface area contributed by atoms with E-state index >= 15 is 0 Å². The molecule has 0 heterocycles. The predicted molar refractivity (Wildman–Crippen MR) is 129 cm³/mol. The van der Waals surface area contributed by atoms with Crippen molar-refractivity contribution in [1.29, 1.82) is 0 Å². The number of aldehydes is 1. The van der Waals surface area contributed by atoms with Crippen LogP contribution in [0.1, 0.15) is 17.8 Å². The molecule has 0 fully saturated rings. The van der Waals surface area contributed by atoms with Crippen molar-refractivity contribution in [2.75, 3.05) is 0 Å². The van der Waals surface area contributed by atoms with E-state index in [-0.39, 0.29) is 7.43 Å². The molecule has 0 saturated heterocycles. The van der Waals surface area contributed by atoms with Crippen LogP contribution >= 0.6 is 15.9 Å². The van der Waals surface area contributed by atoms with Crippen molar-refractivity contribution in [3.05, 3.63) is 119 Å². The van der Waals surface area contributed by atoms with Gasteiger partial charge in [0.2, 0.25) is 0 Å². The molecule has 0 aromatic heterocycles. The highest BCUT2D eigenvalue weighted by Gasteiger charge is 1.96. The molecule has 0 radical (unpaired) electrons. The van der Waals surface area contributed by atoms with E-state index in [1.54, 1.807) is 0 Å². The van der Waals surface area contributed by atoms with E-state index in [1.165, 1.54) is 16.7 Å². The van der Waals surface area contributed by atoms with E-state index in [4.69, 9.17) is 10.5 Å². The van der Waals surface area contributed by atoms with Crippen molar-refractivity contribution >= 4 is 22.2 Å². The van der Waals surface area contributed by atoms with Crippen LogP contribution in [-0.4, -0.2) is 16.8 Å². The zero-order valence-electron chi connectivity index (χ0n) is 15.7. The number of halogens is 1. The molecule has 154 valence electrons. The summed E-state index contributed by atoms with van der Waals surface area (Å²) in [5, 5.41) is 12.0. The van der Waals surface area contributed by atoms with E-state index < -0.39 is 0 Å². The summed E-state index contributed by atoms with van der Waals surface area (Å²) in [6.45, 7) is 0. The van der Waals surface area contributed by atoms with Crippen LogP contribution in [0.15, 0.2) is 114 Å². The van der Waals surface area contributed by atoms with Gasteiger partial charge >= 0.3 is 0 Å². The molecule has 30 heavy (non-hydrogen) atoms. The lowest BCUT2D eigenvalue weighted by Crippen LogP contribution is -1.80. The Bertz CT molecular complexity index is 968. The summed E-state index contributed by atoms with van der Waals surface area (Å²) in [5.41, 5.74) is 5.53. The molecule has 0 amide bonds. The summed E-state index contributed by atoms with van der Waals surface area (Å²) in [5.74, 6) is 0. The monoisotopic (exact) mass is 464 g/mol. The molecular formula is C26H25BrO3. The van der Waals surface area contributed by atoms with Crippen LogP contribution in [-0.2, 0) is 0 Å². The topological polar surface area (TPSA) is 57.5 Å². The van der Waals surface area contributed by atoms with Crippen LogP contribution < -0.4 is 0 Å². The molecule has 0 atom stereocenters. The van der Waals surface area contributed by atoms with Gasteiger partial charge in [-0.1, -0.05) is 120 Å². The van der Waals surface area contributed by atoms with Crippen LogP contribution in [0.4, 0.5) is 0 Å². The summed E-state index contributed by atoms with van der Waals surface area (Å²) in [7, 11) is 0. The molecule has 2 N–H and O–H groups in total. The first-order valence-corrected chi connectivity index (χ1v) is 9.67. The molecule has 0 aliphatic carbocycles. The Labute approximate surface area is 186 Å². The average Bonchev–Trinajstić information content (AvgIpc) is 2.82. The molecule has 0 bridgehead atoms. The van der Waals surface area contributed by atoms with E-state index in [9.17, 15) is 4.79 Å². The van der Waals surface area contributed by atoms with E-state index in [2.05, 4.69) is 76.6 Å². The third-order valence-corrected chi connectivity index (χ3v) is 4.63. The maximum absolute atomic E-state index is 10.5. The molecule has 0 spiro atoms. The normalized spacial score (nSPS) is 9.03.